The Balaban J connectivity index is 2.22. The number of fused-ring (bicyclic) bond motifs is 1. The van der Waals surface area contributed by atoms with Crippen LogP contribution in [0.1, 0.15) is 6.42 Å². The molecule has 0 aromatic heterocycles. The topological polar surface area (TPSA) is 46.5 Å². The molecule has 1 aliphatic heterocycles. The van der Waals surface area contributed by atoms with Gasteiger partial charge >= 0.3 is 0 Å². The van der Waals surface area contributed by atoms with E-state index >= 15 is 0 Å². The summed E-state index contributed by atoms with van der Waals surface area (Å²) < 4.78 is 5.31. The van der Waals surface area contributed by atoms with Gasteiger partial charge in [0.15, 0.2) is 0 Å². The van der Waals surface area contributed by atoms with Crippen LogP contribution in [0.2, 0.25) is 0 Å². The summed E-state index contributed by atoms with van der Waals surface area (Å²) in [6.45, 7) is 0.470. The van der Waals surface area contributed by atoms with Crippen LogP contribution in [0.15, 0.2) is 24.0 Å². The molecule has 2 aliphatic rings. The number of Topliss-reactive ketones (excluding diaryl/α,β-unsaturated/α-hetero) is 1. The largest absolute Gasteiger partial charge is 0.508 e. The number of carbonyl (C=O) groups is 1. The van der Waals surface area contributed by atoms with E-state index in [2.05, 4.69) is 0 Å². The van der Waals surface area contributed by atoms with E-state index < -0.39 is 0 Å². The first-order valence-corrected chi connectivity index (χ1v) is 4.01. The first kappa shape index (κ1) is 7.55. The van der Waals surface area contributed by atoms with Gasteiger partial charge in [0.25, 0.3) is 0 Å². The molecule has 12 heavy (non-hydrogen) atoms. The van der Waals surface area contributed by atoms with Gasteiger partial charge in [-0.1, -0.05) is 6.08 Å². The molecule has 1 aliphatic carbocycles. The molecule has 0 aromatic rings. The Hall–Kier alpha value is -1.09. The van der Waals surface area contributed by atoms with E-state index in [-0.39, 0.29) is 23.6 Å². The predicted octanol–water partition coefficient (Wildman–Crippen LogP) is 0.972. The highest BCUT2D eigenvalue weighted by Crippen LogP contribution is 2.24. The molecule has 64 valence electrons. The minimum atomic E-state index is -0.240. The van der Waals surface area contributed by atoms with Gasteiger partial charge < -0.3 is 9.84 Å². The van der Waals surface area contributed by atoms with Crippen LogP contribution < -0.4 is 0 Å². The molecule has 1 fully saturated rings. The van der Waals surface area contributed by atoms with Gasteiger partial charge in [-0.15, -0.1) is 0 Å². The second-order valence-corrected chi connectivity index (χ2v) is 3.03. The van der Waals surface area contributed by atoms with Gasteiger partial charge in [-0.3, -0.25) is 4.79 Å². The SMILES string of the molecule is O=C1CCOC2C=C(O)C=CC12. The fraction of sp³-hybridized carbons (Fsp3) is 0.444. The molecule has 3 nitrogen and oxygen atoms in total. The van der Waals surface area contributed by atoms with Gasteiger partial charge in [0.2, 0.25) is 0 Å². The lowest BCUT2D eigenvalue weighted by atomic mass is 9.89. The highest BCUT2D eigenvalue weighted by atomic mass is 16.5. The van der Waals surface area contributed by atoms with Crippen LogP contribution in [0.4, 0.5) is 0 Å². The van der Waals surface area contributed by atoms with Gasteiger partial charge in [0, 0.05) is 6.42 Å². The van der Waals surface area contributed by atoms with Crippen molar-refractivity contribution >= 4 is 5.78 Å². The first-order valence-electron chi connectivity index (χ1n) is 4.01. The summed E-state index contributed by atoms with van der Waals surface area (Å²) in [4.78, 5) is 11.3. The second-order valence-electron chi connectivity index (χ2n) is 3.03. The first-order chi connectivity index (χ1) is 5.77. The third-order valence-corrected chi connectivity index (χ3v) is 2.19. The van der Waals surface area contributed by atoms with E-state index in [4.69, 9.17) is 9.84 Å². The number of rotatable bonds is 0. The summed E-state index contributed by atoms with van der Waals surface area (Å²) in [7, 11) is 0. The number of aliphatic hydroxyl groups excluding tert-OH is 1. The van der Waals surface area contributed by atoms with Crippen molar-refractivity contribution in [1.82, 2.24) is 0 Å². The zero-order valence-electron chi connectivity index (χ0n) is 6.56. The van der Waals surface area contributed by atoms with Crippen molar-refractivity contribution in [2.45, 2.75) is 12.5 Å². The van der Waals surface area contributed by atoms with Gasteiger partial charge in [-0.05, 0) is 12.2 Å². The van der Waals surface area contributed by atoms with Crippen LogP contribution in [0.5, 0.6) is 0 Å². The monoisotopic (exact) mass is 166 g/mol. The van der Waals surface area contributed by atoms with E-state index in [1.54, 1.807) is 18.2 Å². The Morgan fingerprint density at radius 3 is 3.25 bits per heavy atom. The van der Waals surface area contributed by atoms with Gasteiger partial charge in [-0.25, -0.2) is 0 Å². The maximum Gasteiger partial charge on any atom is 0.144 e. The van der Waals surface area contributed by atoms with Crippen molar-refractivity contribution in [2.75, 3.05) is 6.61 Å². The molecular formula is C9H10O3. The van der Waals surface area contributed by atoms with Gasteiger partial charge in [-0.2, -0.15) is 0 Å². The molecule has 1 N–H and O–H groups in total. The summed E-state index contributed by atoms with van der Waals surface area (Å²) in [5, 5.41) is 9.12. The van der Waals surface area contributed by atoms with E-state index in [9.17, 15) is 4.79 Å². The lowest BCUT2D eigenvalue weighted by Crippen LogP contribution is -2.35. The van der Waals surface area contributed by atoms with Crippen molar-refractivity contribution in [1.29, 1.82) is 0 Å². The minimum Gasteiger partial charge on any atom is -0.508 e. The number of hydrogen-bond acceptors (Lipinski definition) is 3. The molecule has 3 heteroatoms. The quantitative estimate of drug-likeness (QED) is 0.583. The number of aliphatic hydroxyl groups is 1. The maximum atomic E-state index is 11.3. The second kappa shape index (κ2) is 2.75. The molecule has 0 bridgehead atoms. The number of hydrogen-bond donors (Lipinski definition) is 1. The van der Waals surface area contributed by atoms with Gasteiger partial charge in [0.1, 0.15) is 11.5 Å². The molecule has 0 radical (unpaired) electrons. The molecule has 2 unspecified atom stereocenters. The lowest BCUT2D eigenvalue weighted by Gasteiger charge is -2.28. The Morgan fingerprint density at radius 2 is 2.42 bits per heavy atom. The summed E-state index contributed by atoms with van der Waals surface area (Å²) in [6, 6.07) is 0. The summed E-state index contributed by atoms with van der Waals surface area (Å²) in [6.07, 6.45) is 5.09. The Kier molecular flexibility index (Phi) is 1.73. The van der Waals surface area contributed by atoms with E-state index in [1.807, 2.05) is 0 Å². The standard InChI is InChI=1S/C9H10O3/c10-6-1-2-7-8(11)3-4-12-9(7)5-6/h1-2,5,7,9-10H,3-4H2. The molecule has 2 atom stereocenters. The zero-order valence-corrected chi connectivity index (χ0v) is 6.56. The Morgan fingerprint density at radius 1 is 1.58 bits per heavy atom. The van der Waals surface area contributed by atoms with Crippen LogP contribution in [0.25, 0.3) is 0 Å². The normalized spacial score (nSPS) is 34.3. The average Bonchev–Trinajstić information content (AvgIpc) is 2.04. The van der Waals surface area contributed by atoms with Gasteiger partial charge in [0.05, 0.1) is 18.6 Å². The molecule has 0 spiro atoms. The van der Waals surface area contributed by atoms with Crippen LogP contribution in [0.3, 0.4) is 0 Å². The molecular weight excluding hydrogens is 156 g/mol. The zero-order chi connectivity index (χ0) is 8.55. The van der Waals surface area contributed by atoms with Crippen LogP contribution >= 0.6 is 0 Å². The summed E-state index contributed by atoms with van der Waals surface area (Å²) >= 11 is 0. The third-order valence-electron chi connectivity index (χ3n) is 2.19. The van der Waals surface area contributed by atoms with Crippen molar-refractivity contribution in [3.63, 3.8) is 0 Å². The number of ketones is 1. The average molecular weight is 166 g/mol. The molecule has 0 amide bonds. The minimum absolute atomic E-state index is 0.172. The van der Waals surface area contributed by atoms with Crippen LogP contribution in [0, 0.1) is 5.92 Å². The van der Waals surface area contributed by atoms with E-state index in [0.717, 1.165) is 0 Å². The van der Waals surface area contributed by atoms with E-state index in [1.165, 1.54) is 0 Å². The Labute approximate surface area is 70.3 Å². The van der Waals surface area contributed by atoms with E-state index in [0.29, 0.717) is 13.0 Å². The number of ether oxygens (including phenoxy) is 1. The fourth-order valence-electron chi connectivity index (χ4n) is 1.54. The van der Waals surface area contributed by atoms with Crippen molar-refractivity contribution in [3.05, 3.63) is 24.0 Å². The molecule has 0 saturated carbocycles. The molecule has 0 aromatic carbocycles. The highest BCUT2D eigenvalue weighted by molar-refractivity contribution is 5.84. The highest BCUT2D eigenvalue weighted by Gasteiger charge is 2.31. The number of carbonyl (C=O) groups excluding carboxylic acids is 1. The van der Waals surface area contributed by atoms with Crippen molar-refractivity contribution in [3.8, 4) is 0 Å². The summed E-state index contributed by atoms with van der Waals surface area (Å²) in [5.74, 6) is 0.215. The maximum absolute atomic E-state index is 11.3. The summed E-state index contributed by atoms with van der Waals surface area (Å²) in [5.41, 5.74) is 0. The molecule has 1 saturated heterocycles. The fourth-order valence-corrected chi connectivity index (χ4v) is 1.54. The van der Waals surface area contributed by atoms with Crippen molar-refractivity contribution in [2.24, 2.45) is 5.92 Å². The smallest absolute Gasteiger partial charge is 0.144 e. The lowest BCUT2D eigenvalue weighted by molar-refractivity contribution is -0.131. The molecule has 2 rings (SSSR count). The van der Waals surface area contributed by atoms with Crippen molar-refractivity contribution < 1.29 is 14.6 Å². The molecule has 1 heterocycles. The number of allylic oxidation sites excluding steroid dienone is 1. The van der Waals surface area contributed by atoms with Crippen LogP contribution in [-0.2, 0) is 9.53 Å². The van der Waals surface area contributed by atoms with Crippen LogP contribution in [-0.4, -0.2) is 23.6 Å². The third kappa shape index (κ3) is 1.16. The Bertz CT molecular complexity index is 265. The predicted molar refractivity (Wildman–Crippen MR) is 42.7 cm³/mol.